The summed E-state index contributed by atoms with van der Waals surface area (Å²) in [5.41, 5.74) is 8.44. The lowest BCUT2D eigenvalue weighted by Gasteiger charge is -2.31. The van der Waals surface area contributed by atoms with Gasteiger partial charge >= 0.3 is 0 Å². The molecule has 112 valence electrons. The Kier molecular flexibility index (Phi) is 4.74. The third-order valence-electron chi connectivity index (χ3n) is 3.91. The third-order valence-corrected chi connectivity index (χ3v) is 5.25. The van der Waals surface area contributed by atoms with Crippen molar-refractivity contribution < 1.29 is 4.39 Å². The highest BCUT2D eigenvalue weighted by Crippen LogP contribution is 2.36. The Morgan fingerprint density at radius 1 is 1.38 bits per heavy atom. The van der Waals surface area contributed by atoms with Crippen molar-refractivity contribution in [1.82, 2.24) is 4.90 Å². The van der Waals surface area contributed by atoms with E-state index in [0.29, 0.717) is 17.1 Å². The molecule has 1 aromatic carbocycles. The van der Waals surface area contributed by atoms with Gasteiger partial charge in [0.15, 0.2) is 0 Å². The summed E-state index contributed by atoms with van der Waals surface area (Å²) in [5.74, 6) is -0.231. The average Bonchev–Trinajstić information content (AvgIpc) is 3.20. The maximum Gasteiger partial charge on any atom is 0.137 e. The number of nitrogens with zero attached hydrogens (tertiary/aromatic N) is 1. The zero-order valence-corrected chi connectivity index (χ0v) is 14.0. The van der Waals surface area contributed by atoms with Gasteiger partial charge in [0.2, 0.25) is 0 Å². The molecule has 0 radical (unpaired) electrons. The normalized spacial score (nSPS) is 16.4. The molecule has 1 unspecified atom stereocenters. The fourth-order valence-electron chi connectivity index (χ4n) is 2.68. The molecule has 1 saturated carbocycles. The molecular weight excluding hydrogens is 351 g/mol. The minimum Gasteiger partial charge on any atom is -0.329 e. The number of hydrogen-bond acceptors (Lipinski definition) is 3. The summed E-state index contributed by atoms with van der Waals surface area (Å²) in [7, 11) is 0. The lowest BCUT2D eigenvalue weighted by molar-refractivity contribution is 0.182. The number of hydrogen-bond donors (Lipinski definition) is 1. The van der Waals surface area contributed by atoms with E-state index in [9.17, 15) is 4.39 Å². The van der Waals surface area contributed by atoms with E-state index in [4.69, 9.17) is 5.73 Å². The topological polar surface area (TPSA) is 29.3 Å². The van der Waals surface area contributed by atoms with Gasteiger partial charge in [0.1, 0.15) is 5.82 Å². The summed E-state index contributed by atoms with van der Waals surface area (Å²) in [5, 5.41) is 4.29. The Morgan fingerprint density at radius 2 is 2.19 bits per heavy atom. The standard InChI is InChI=1S/C16H18BrFN2S/c17-14-7-12(1-4-15(14)18)16(8-19)20(13-2-3-13)9-11-5-6-21-10-11/h1,4-7,10,13,16H,2-3,8-9,19H2. The summed E-state index contributed by atoms with van der Waals surface area (Å²) in [6.07, 6.45) is 2.45. The maximum absolute atomic E-state index is 13.5. The molecule has 0 spiro atoms. The van der Waals surface area contributed by atoms with Gasteiger partial charge in [0.05, 0.1) is 4.47 Å². The minimum atomic E-state index is -0.231. The van der Waals surface area contributed by atoms with Crippen molar-refractivity contribution in [3.05, 3.63) is 56.4 Å². The van der Waals surface area contributed by atoms with Gasteiger partial charge in [-0.2, -0.15) is 11.3 Å². The zero-order chi connectivity index (χ0) is 14.8. The molecule has 1 fully saturated rings. The Bertz CT molecular complexity index is 598. The second-order valence-electron chi connectivity index (χ2n) is 5.46. The van der Waals surface area contributed by atoms with Gasteiger partial charge in [-0.1, -0.05) is 6.07 Å². The van der Waals surface area contributed by atoms with Crippen molar-refractivity contribution >= 4 is 27.3 Å². The molecule has 21 heavy (non-hydrogen) atoms. The molecule has 0 aliphatic heterocycles. The van der Waals surface area contributed by atoms with Crippen LogP contribution < -0.4 is 5.73 Å². The SMILES string of the molecule is NCC(c1ccc(F)c(Br)c1)N(Cc1ccsc1)C1CC1. The highest BCUT2D eigenvalue weighted by atomic mass is 79.9. The van der Waals surface area contributed by atoms with E-state index in [1.807, 2.05) is 12.1 Å². The molecule has 1 aromatic heterocycles. The van der Waals surface area contributed by atoms with E-state index in [2.05, 4.69) is 37.7 Å². The number of benzene rings is 1. The van der Waals surface area contributed by atoms with Crippen LogP contribution in [0.2, 0.25) is 0 Å². The lowest BCUT2D eigenvalue weighted by atomic mass is 10.0. The van der Waals surface area contributed by atoms with E-state index in [1.165, 1.54) is 24.5 Å². The molecule has 3 rings (SSSR count). The van der Waals surface area contributed by atoms with E-state index in [-0.39, 0.29) is 11.9 Å². The predicted molar refractivity (Wildman–Crippen MR) is 88.8 cm³/mol. The largest absolute Gasteiger partial charge is 0.329 e. The molecule has 2 N–H and O–H groups in total. The van der Waals surface area contributed by atoms with Crippen LogP contribution in [0.25, 0.3) is 0 Å². The number of rotatable bonds is 6. The summed E-state index contributed by atoms with van der Waals surface area (Å²) in [4.78, 5) is 2.46. The molecule has 0 bridgehead atoms. The molecule has 0 amide bonds. The van der Waals surface area contributed by atoms with Crippen LogP contribution in [0.4, 0.5) is 4.39 Å². The van der Waals surface area contributed by atoms with Crippen molar-refractivity contribution in [2.24, 2.45) is 5.73 Å². The summed E-state index contributed by atoms with van der Waals surface area (Å²) < 4.78 is 14.0. The second-order valence-corrected chi connectivity index (χ2v) is 7.09. The van der Waals surface area contributed by atoms with Crippen molar-refractivity contribution in [2.45, 2.75) is 31.5 Å². The smallest absolute Gasteiger partial charge is 0.137 e. The van der Waals surface area contributed by atoms with Crippen LogP contribution in [0.3, 0.4) is 0 Å². The molecule has 0 saturated heterocycles. The van der Waals surface area contributed by atoms with Crippen molar-refractivity contribution in [1.29, 1.82) is 0 Å². The highest BCUT2D eigenvalue weighted by Gasteiger charge is 2.34. The molecule has 1 aliphatic rings. The fraction of sp³-hybridized carbons (Fsp3) is 0.375. The zero-order valence-electron chi connectivity index (χ0n) is 11.6. The maximum atomic E-state index is 13.5. The second kappa shape index (κ2) is 6.57. The molecule has 1 heterocycles. The van der Waals surface area contributed by atoms with E-state index in [1.54, 1.807) is 11.3 Å². The van der Waals surface area contributed by atoms with Crippen molar-refractivity contribution in [3.8, 4) is 0 Å². The van der Waals surface area contributed by atoms with Crippen LogP contribution in [0.5, 0.6) is 0 Å². The first-order valence-corrected chi connectivity index (χ1v) is 8.84. The Labute approximate surface area is 136 Å². The van der Waals surface area contributed by atoms with Crippen LogP contribution in [-0.4, -0.2) is 17.5 Å². The van der Waals surface area contributed by atoms with E-state index >= 15 is 0 Å². The van der Waals surface area contributed by atoms with Gasteiger partial charge in [-0.15, -0.1) is 0 Å². The van der Waals surface area contributed by atoms with E-state index in [0.717, 1.165) is 12.1 Å². The fourth-order valence-corrected chi connectivity index (χ4v) is 3.73. The van der Waals surface area contributed by atoms with Gasteiger partial charge in [0, 0.05) is 25.2 Å². The highest BCUT2D eigenvalue weighted by molar-refractivity contribution is 9.10. The molecule has 1 aliphatic carbocycles. The monoisotopic (exact) mass is 368 g/mol. The molecule has 1 atom stereocenters. The van der Waals surface area contributed by atoms with Crippen LogP contribution >= 0.6 is 27.3 Å². The first kappa shape index (κ1) is 15.2. The quantitative estimate of drug-likeness (QED) is 0.822. The predicted octanol–water partition coefficient (Wildman–Crippen LogP) is 4.31. The number of nitrogens with two attached hydrogens (primary N) is 1. The lowest BCUT2D eigenvalue weighted by Crippen LogP contribution is -2.35. The first-order valence-electron chi connectivity index (χ1n) is 7.11. The Morgan fingerprint density at radius 3 is 2.76 bits per heavy atom. The molecule has 5 heteroatoms. The Hall–Kier alpha value is -0.750. The average molecular weight is 369 g/mol. The van der Waals surface area contributed by atoms with Crippen LogP contribution in [0.15, 0.2) is 39.5 Å². The van der Waals surface area contributed by atoms with Crippen molar-refractivity contribution in [3.63, 3.8) is 0 Å². The summed E-state index contributed by atoms with van der Waals surface area (Å²) >= 11 is 4.99. The van der Waals surface area contributed by atoms with Gasteiger partial charge in [-0.3, -0.25) is 4.90 Å². The van der Waals surface area contributed by atoms with Gasteiger partial charge < -0.3 is 5.73 Å². The summed E-state index contributed by atoms with van der Waals surface area (Å²) in [6.45, 7) is 1.45. The number of thiophene rings is 1. The molecular formula is C16H18BrFN2S. The Balaban J connectivity index is 1.86. The van der Waals surface area contributed by atoms with Crippen LogP contribution in [0.1, 0.15) is 30.0 Å². The van der Waals surface area contributed by atoms with E-state index < -0.39 is 0 Å². The van der Waals surface area contributed by atoms with Gasteiger partial charge in [-0.05, 0) is 68.9 Å². The molecule has 2 nitrogen and oxygen atoms in total. The summed E-state index contributed by atoms with van der Waals surface area (Å²) in [6, 6.07) is 8.11. The third kappa shape index (κ3) is 3.54. The number of halogens is 2. The van der Waals surface area contributed by atoms with Crippen LogP contribution in [-0.2, 0) is 6.54 Å². The van der Waals surface area contributed by atoms with Crippen LogP contribution in [0, 0.1) is 5.82 Å². The van der Waals surface area contributed by atoms with Gasteiger partial charge in [0.25, 0.3) is 0 Å². The van der Waals surface area contributed by atoms with Gasteiger partial charge in [-0.25, -0.2) is 4.39 Å². The minimum absolute atomic E-state index is 0.134. The first-order chi connectivity index (χ1) is 10.2. The van der Waals surface area contributed by atoms with Crippen molar-refractivity contribution in [2.75, 3.05) is 6.54 Å². The molecule has 2 aromatic rings.